The minimum Gasteiger partial charge on any atom is -0.466 e. The van der Waals surface area contributed by atoms with Crippen LogP contribution in [0.4, 0.5) is 4.79 Å². The Morgan fingerprint density at radius 2 is 1.46 bits per heavy atom. The van der Waals surface area contributed by atoms with Crippen LogP contribution in [0.2, 0.25) is 0 Å². The Kier molecular flexibility index (Phi) is 13.4. The Balaban J connectivity index is 3.39. The zero-order chi connectivity index (χ0) is 18.3. The van der Waals surface area contributed by atoms with Gasteiger partial charge in [-0.05, 0) is 11.8 Å². The van der Waals surface area contributed by atoms with Crippen molar-refractivity contribution in [3.8, 4) is 0 Å². The molecule has 0 heterocycles. The van der Waals surface area contributed by atoms with Gasteiger partial charge in [-0.1, -0.05) is 72.6 Å². The van der Waals surface area contributed by atoms with Gasteiger partial charge in [-0.2, -0.15) is 0 Å². The summed E-state index contributed by atoms with van der Waals surface area (Å²) in [4.78, 5) is 22.9. The first-order valence-corrected chi connectivity index (χ1v) is 9.41. The predicted molar refractivity (Wildman–Crippen MR) is 97.0 cm³/mol. The van der Waals surface area contributed by atoms with Gasteiger partial charge in [-0.3, -0.25) is 4.79 Å². The summed E-state index contributed by atoms with van der Waals surface area (Å²) in [7, 11) is 0. The summed E-state index contributed by atoms with van der Waals surface area (Å²) in [5.41, 5.74) is -0.0632. The van der Waals surface area contributed by atoms with Crippen molar-refractivity contribution in [1.29, 1.82) is 0 Å². The molecule has 0 aliphatic rings. The third kappa shape index (κ3) is 17.1. The first kappa shape index (κ1) is 22.7. The third-order valence-electron chi connectivity index (χ3n) is 3.50. The van der Waals surface area contributed by atoms with Gasteiger partial charge in [0.2, 0.25) is 0 Å². The maximum atomic E-state index is 11.5. The average molecular weight is 344 g/mol. The maximum Gasteiger partial charge on any atom is 0.407 e. The molecule has 0 bridgehead atoms. The summed E-state index contributed by atoms with van der Waals surface area (Å²) < 4.78 is 10.2. The van der Waals surface area contributed by atoms with Gasteiger partial charge >= 0.3 is 12.1 Å². The van der Waals surface area contributed by atoms with E-state index in [4.69, 9.17) is 9.47 Å². The first-order valence-electron chi connectivity index (χ1n) is 9.41. The highest BCUT2D eigenvalue weighted by molar-refractivity contribution is 5.71. The Morgan fingerprint density at radius 3 is 2.04 bits per heavy atom. The van der Waals surface area contributed by atoms with Gasteiger partial charge in [-0.25, -0.2) is 4.79 Å². The molecule has 142 valence electrons. The number of carbonyl (C=O) groups excluding carboxylic acids is 2. The summed E-state index contributed by atoms with van der Waals surface area (Å²) in [5.74, 6) is -0.269. The quantitative estimate of drug-likeness (QED) is 0.384. The van der Waals surface area contributed by atoms with Crippen LogP contribution in [0.25, 0.3) is 0 Å². The lowest BCUT2D eigenvalue weighted by atomic mass is 9.99. The van der Waals surface area contributed by atoms with Crippen LogP contribution in [-0.2, 0) is 14.3 Å². The van der Waals surface area contributed by atoms with Crippen molar-refractivity contribution in [2.24, 2.45) is 5.41 Å². The van der Waals surface area contributed by atoms with E-state index in [9.17, 15) is 9.59 Å². The lowest BCUT2D eigenvalue weighted by Crippen LogP contribution is -2.30. The van der Waals surface area contributed by atoms with Crippen LogP contribution >= 0.6 is 0 Å². The number of hydrogen-bond donors (Lipinski definition) is 1. The number of amides is 1. The molecule has 0 saturated heterocycles. The van der Waals surface area contributed by atoms with Crippen molar-refractivity contribution in [2.75, 3.05) is 19.8 Å². The molecule has 0 rings (SSSR count). The molecule has 0 radical (unpaired) electrons. The van der Waals surface area contributed by atoms with E-state index >= 15 is 0 Å². The van der Waals surface area contributed by atoms with Crippen LogP contribution in [0.3, 0.4) is 0 Å². The fourth-order valence-electron chi connectivity index (χ4n) is 2.09. The minimum atomic E-state index is -0.485. The topological polar surface area (TPSA) is 64.6 Å². The molecule has 0 saturated carbocycles. The highest BCUT2D eigenvalue weighted by Gasteiger charge is 2.13. The van der Waals surface area contributed by atoms with Gasteiger partial charge in [0.1, 0.15) is 0 Å². The van der Waals surface area contributed by atoms with Crippen molar-refractivity contribution in [1.82, 2.24) is 5.32 Å². The van der Waals surface area contributed by atoms with Crippen molar-refractivity contribution >= 4 is 12.1 Å². The molecule has 0 aromatic rings. The van der Waals surface area contributed by atoms with Crippen molar-refractivity contribution in [2.45, 2.75) is 85.5 Å². The summed E-state index contributed by atoms with van der Waals surface area (Å²) in [6, 6.07) is 0. The largest absolute Gasteiger partial charge is 0.466 e. The van der Waals surface area contributed by atoms with E-state index < -0.39 is 6.09 Å². The van der Waals surface area contributed by atoms with E-state index in [-0.39, 0.29) is 24.3 Å². The molecular weight excluding hydrogens is 306 g/mol. The fraction of sp³-hybridized carbons (Fsp3) is 0.895. The monoisotopic (exact) mass is 343 g/mol. The molecular formula is C19H37NO4. The summed E-state index contributed by atoms with van der Waals surface area (Å²) in [6.45, 7) is 9.26. The van der Waals surface area contributed by atoms with E-state index in [0.29, 0.717) is 13.2 Å². The molecule has 0 aliphatic carbocycles. The van der Waals surface area contributed by atoms with Crippen LogP contribution in [0.5, 0.6) is 0 Å². The van der Waals surface area contributed by atoms with Crippen molar-refractivity contribution in [3.05, 3.63) is 0 Å². The molecule has 0 atom stereocenters. The molecule has 0 aliphatic heterocycles. The molecule has 0 fully saturated rings. The second kappa shape index (κ2) is 14.1. The van der Waals surface area contributed by atoms with Crippen LogP contribution in [0, 0.1) is 5.41 Å². The van der Waals surface area contributed by atoms with Gasteiger partial charge in [0.25, 0.3) is 0 Å². The molecule has 1 amide bonds. The minimum absolute atomic E-state index is 0.0632. The lowest BCUT2D eigenvalue weighted by molar-refractivity contribution is -0.143. The standard InChI is InChI=1S/C19H37NO4/c1-5-6-7-8-9-10-11-12-15-23-17(21)13-14-20-18(22)24-16-19(2,3)4/h5-16H2,1-4H3,(H,20,22). The molecule has 1 N–H and O–H groups in total. The highest BCUT2D eigenvalue weighted by atomic mass is 16.5. The Labute approximate surface area is 147 Å². The SMILES string of the molecule is CCCCCCCCCCOC(=O)CCNC(=O)OCC(C)(C)C. The summed E-state index contributed by atoms with van der Waals surface area (Å²) in [6.07, 6.45) is 9.45. The molecule has 5 nitrogen and oxygen atoms in total. The second-order valence-electron chi connectivity index (χ2n) is 7.51. The molecule has 24 heavy (non-hydrogen) atoms. The zero-order valence-corrected chi connectivity index (χ0v) is 16.1. The lowest BCUT2D eigenvalue weighted by Gasteiger charge is -2.17. The van der Waals surface area contributed by atoms with Crippen LogP contribution in [0.1, 0.15) is 85.5 Å². The van der Waals surface area contributed by atoms with Gasteiger partial charge in [0.15, 0.2) is 0 Å². The van der Waals surface area contributed by atoms with E-state index in [0.717, 1.165) is 12.8 Å². The average Bonchev–Trinajstić information content (AvgIpc) is 2.50. The van der Waals surface area contributed by atoms with E-state index in [1.165, 1.54) is 38.5 Å². The molecule has 5 heteroatoms. The first-order chi connectivity index (χ1) is 11.3. The van der Waals surface area contributed by atoms with Gasteiger partial charge in [-0.15, -0.1) is 0 Å². The van der Waals surface area contributed by atoms with E-state index in [1.807, 2.05) is 20.8 Å². The number of alkyl carbamates (subject to hydrolysis) is 1. The van der Waals surface area contributed by atoms with Crippen molar-refractivity contribution < 1.29 is 19.1 Å². The number of carbonyl (C=O) groups is 2. The number of ether oxygens (including phenoxy) is 2. The van der Waals surface area contributed by atoms with E-state index in [1.54, 1.807) is 0 Å². The number of hydrogen-bond acceptors (Lipinski definition) is 4. The van der Waals surface area contributed by atoms with Crippen molar-refractivity contribution in [3.63, 3.8) is 0 Å². The van der Waals surface area contributed by atoms with Gasteiger partial charge in [0, 0.05) is 6.54 Å². The van der Waals surface area contributed by atoms with Gasteiger partial charge < -0.3 is 14.8 Å². The number of nitrogens with one attached hydrogen (secondary N) is 1. The molecule has 0 aromatic heterocycles. The predicted octanol–water partition coefficient (Wildman–Crippen LogP) is 4.83. The number of esters is 1. The molecule has 0 unspecified atom stereocenters. The molecule has 0 spiro atoms. The normalized spacial score (nSPS) is 11.2. The Morgan fingerprint density at radius 1 is 0.875 bits per heavy atom. The Bertz CT molecular complexity index is 337. The number of unbranched alkanes of at least 4 members (excludes halogenated alkanes) is 7. The van der Waals surface area contributed by atoms with Gasteiger partial charge in [0.05, 0.1) is 19.6 Å². The van der Waals surface area contributed by atoms with Crippen LogP contribution in [-0.4, -0.2) is 31.8 Å². The van der Waals surface area contributed by atoms with Crippen LogP contribution < -0.4 is 5.32 Å². The number of rotatable bonds is 13. The maximum absolute atomic E-state index is 11.5. The fourth-order valence-corrected chi connectivity index (χ4v) is 2.09. The smallest absolute Gasteiger partial charge is 0.407 e. The summed E-state index contributed by atoms with van der Waals surface area (Å²) >= 11 is 0. The van der Waals surface area contributed by atoms with E-state index in [2.05, 4.69) is 12.2 Å². The highest BCUT2D eigenvalue weighted by Crippen LogP contribution is 2.12. The molecule has 0 aromatic carbocycles. The second-order valence-corrected chi connectivity index (χ2v) is 7.51. The van der Waals surface area contributed by atoms with Crippen LogP contribution in [0.15, 0.2) is 0 Å². The summed E-state index contributed by atoms with van der Waals surface area (Å²) in [5, 5.41) is 2.56. The third-order valence-corrected chi connectivity index (χ3v) is 3.50. The zero-order valence-electron chi connectivity index (χ0n) is 16.1. The Hall–Kier alpha value is -1.26.